The highest BCUT2D eigenvalue weighted by Gasteiger charge is 2.39. The number of rotatable bonds is 4. The van der Waals surface area contributed by atoms with Gasteiger partial charge in [0.25, 0.3) is 0 Å². The molecule has 1 heterocycles. The van der Waals surface area contributed by atoms with E-state index in [9.17, 15) is 14.7 Å². The van der Waals surface area contributed by atoms with Crippen LogP contribution >= 0.6 is 0 Å². The standard InChI is InChI=1S/C13H24N2O3/c1-8(2)10(7-14)12(16)15-6-4-5-9(3)11(15)13(17)18/h8-11H,4-7,14H2,1-3H3,(H,17,18). The number of hydrogen-bond donors (Lipinski definition) is 2. The lowest BCUT2D eigenvalue weighted by Crippen LogP contribution is -2.55. The van der Waals surface area contributed by atoms with Gasteiger partial charge in [-0.2, -0.15) is 0 Å². The summed E-state index contributed by atoms with van der Waals surface area (Å²) in [4.78, 5) is 25.3. The Kier molecular flexibility index (Phi) is 5.14. The summed E-state index contributed by atoms with van der Waals surface area (Å²) in [6.45, 7) is 6.58. The lowest BCUT2D eigenvalue weighted by molar-refractivity contribution is -0.157. The molecule has 1 fully saturated rings. The number of nitrogens with two attached hydrogens (primary N) is 1. The molecule has 5 heteroatoms. The highest BCUT2D eigenvalue weighted by Crippen LogP contribution is 2.26. The molecular weight excluding hydrogens is 232 g/mol. The van der Waals surface area contributed by atoms with Gasteiger partial charge in [0, 0.05) is 13.1 Å². The van der Waals surface area contributed by atoms with E-state index in [-0.39, 0.29) is 30.2 Å². The van der Waals surface area contributed by atoms with Crippen LogP contribution in [0.5, 0.6) is 0 Å². The van der Waals surface area contributed by atoms with Crippen LogP contribution in [0.25, 0.3) is 0 Å². The normalized spacial score (nSPS) is 26.2. The molecule has 0 saturated carbocycles. The molecule has 0 aliphatic carbocycles. The number of nitrogens with zero attached hydrogens (tertiary/aromatic N) is 1. The van der Waals surface area contributed by atoms with Crippen LogP contribution in [0.2, 0.25) is 0 Å². The molecule has 1 rings (SSSR count). The Balaban J connectivity index is 2.90. The molecule has 18 heavy (non-hydrogen) atoms. The molecule has 1 amide bonds. The van der Waals surface area contributed by atoms with E-state index in [2.05, 4.69) is 0 Å². The predicted octanol–water partition coefficient (Wildman–Crippen LogP) is 0.929. The van der Waals surface area contributed by atoms with Crippen molar-refractivity contribution < 1.29 is 14.7 Å². The van der Waals surface area contributed by atoms with E-state index >= 15 is 0 Å². The third-order valence-corrected chi connectivity index (χ3v) is 3.85. The third kappa shape index (κ3) is 3.02. The average Bonchev–Trinajstić information content (AvgIpc) is 2.28. The predicted molar refractivity (Wildman–Crippen MR) is 68.9 cm³/mol. The Hall–Kier alpha value is -1.10. The van der Waals surface area contributed by atoms with E-state index in [4.69, 9.17) is 5.73 Å². The fourth-order valence-corrected chi connectivity index (χ4v) is 2.68. The van der Waals surface area contributed by atoms with E-state index in [1.807, 2.05) is 20.8 Å². The van der Waals surface area contributed by atoms with Gasteiger partial charge in [0.2, 0.25) is 5.91 Å². The van der Waals surface area contributed by atoms with Gasteiger partial charge in [0.1, 0.15) is 6.04 Å². The number of hydrogen-bond acceptors (Lipinski definition) is 3. The van der Waals surface area contributed by atoms with Gasteiger partial charge in [0.15, 0.2) is 0 Å². The number of aliphatic carboxylic acids is 1. The van der Waals surface area contributed by atoms with Crippen molar-refractivity contribution in [1.82, 2.24) is 4.90 Å². The van der Waals surface area contributed by atoms with Gasteiger partial charge in [-0.3, -0.25) is 4.79 Å². The summed E-state index contributed by atoms with van der Waals surface area (Å²) in [7, 11) is 0. The molecule has 0 radical (unpaired) electrons. The summed E-state index contributed by atoms with van der Waals surface area (Å²) < 4.78 is 0. The van der Waals surface area contributed by atoms with Crippen LogP contribution in [0.3, 0.4) is 0 Å². The molecule has 3 N–H and O–H groups in total. The van der Waals surface area contributed by atoms with Gasteiger partial charge in [-0.1, -0.05) is 20.8 Å². The molecule has 0 spiro atoms. The minimum absolute atomic E-state index is 0.00536. The highest BCUT2D eigenvalue weighted by atomic mass is 16.4. The van der Waals surface area contributed by atoms with Gasteiger partial charge in [-0.25, -0.2) is 4.79 Å². The molecule has 3 unspecified atom stereocenters. The molecule has 0 aromatic carbocycles. The Labute approximate surface area is 108 Å². The maximum absolute atomic E-state index is 12.4. The Morgan fingerprint density at radius 1 is 1.44 bits per heavy atom. The second-order valence-electron chi connectivity index (χ2n) is 5.52. The van der Waals surface area contributed by atoms with Crippen LogP contribution in [-0.4, -0.2) is 41.0 Å². The minimum atomic E-state index is -0.907. The second-order valence-corrected chi connectivity index (χ2v) is 5.52. The first-order chi connectivity index (χ1) is 8.40. The van der Waals surface area contributed by atoms with Crippen molar-refractivity contribution in [2.75, 3.05) is 13.1 Å². The maximum atomic E-state index is 12.4. The molecule has 0 aromatic rings. The summed E-state index contributed by atoms with van der Waals surface area (Å²) in [6.07, 6.45) is 1.72. The van der Waals surface area contributed by atoms with Gasteiger partial charge in [0.05, 0.1) is 5.92 Å². The molecule has 1 aliphatic rings. The molecular formula is C13H24N2O3. The van der Waals surface area contributed by atoms with Gasteiger partial charge in [-0.05, 0) is 24.7 Å². The monoisotopic (exact) mass is 256 g/mol. The van der Waals surface area contributed by atoms with E-state index in [1.54, 1.807) is 0 Å². The van der Waals surface area contributed by atoms with Crippen molar-refractivity contribution >= 4 is 11.9 Å². The van der Waals surface area contributed by atoms with E-state index < -0.39 is 12.0 Å². The maximum Gasteiger partial charge on any atom is 0.326 e. The number of carboxylic acids is 1. The summed E-state index contributed by atoms with van der Waals surface area (Å²) >= 11 is 0. The van der Waals surface area contributed by atoms with Crippen molar-refractivity contribution in [2.24, 2.45) is 23.5 Å². The molecule has 0 aromatic heterocycles. The van der Waals surface area contributed by atoms with Crippen LogP contribution in [0.15, 0.2) is 0 Å². The van der Waals surface area contributed by atoms with E-state index in [0.717, 1.165) is 12.8 Å². The zero-order chi connectivity index (χ0) is 13.9. The Morgan fingerprint density at radius 3 is 2.50 bits per heavy atom. The molecule has 1 aliphatic heterocycles. The first-order valence-electron chi connectivity index (χ1n) is 6.63. The van der Waals surface area contributed by atoms with Crippen molar-refractivity contribution in [3.63, 3.8) is 0 Å². The number of amides is 1. The molecule has 5 nitrogen and oxygen atoms in total. The fourth-order valence-electron chi connectivity index (χ4n) is 2.68. The number of carboxylic acid groups (broad SMARTS) is 1. The highest BCUT2D eigenvalue weighted by molar-refractivity contribution is 5.85. The summed E-state index contributed by atoms with van der Waals surface area (Å²) in [6, 6.07) is -0.695. The van der Waals surface area contributed by atoms with Crippen LogP contribution < -0.4 is 5.73 Å². The molecule has 0 bridgehead atoms. The zero-order valence-electron chi connectivity index (χ0n) is 11.4. The van der Waals surface area contributed by atoms with Crippen molar-refractivity contribution in [3.8, 4) is 0 Å². The van der Waals surface area contributed by atoms with Crippen LogP contribution in [0, 0.1) is 17.8 Å². The third-order valence-electron chi connectivity index (χ3n) is 3.85. The second kappa shape index (κ2) is 6.18. The fraction of sp³-hybridized carbons (Fsp3) is 0.846. The molecule has 3 atom stereocenters. The van der Waals surface area contributed by atoms with Crippen molar-refractivity contribution in [3.05, 3.63) is 0 Å². The number of piperidine rings is 1. The van der Waals surface area contributed by atoms with Crippen LogP contribution in [-0.2, 0) is 9.59 Å². The number of carbonyl (C=O) groups excluding carboxylic acids is 1. The van der Waals surface area contributed by atoms with Gasteiger partial charge >= 0.3 is 5.97 Å². The van der Waals surface area contributed by atoms with Crippen molar-refractivity contribution in [2.45, 2.75) is 39.7 Å². The number of carbonyl (C=O) groups is 2. The first kappa shape index (κ1) is 15.0. The summed E-state index contributed by atoms with van der Waals surface area (Å²) in [5.41, 5.74) is 5.64. The van der Waals surface area contributed by atoms with E-state index in [0.29, 0.717) is 6.54 Å². The SMILES string of the molecule is CC(C)C(CN)C(=O)N1CCCC(C)C1C(=O)O. The average molecular weight is 256 g/mol. The summed E-state index contributed by atoms with van der Waals surface area (Å²) in [5, 5.41) is 9.30. The van der Waals surface area contributed by atoms with E-state index in [1.165, 1.54) is 4.90 Å². The van der Waals surface area contributed by atoms with Gasteiger partial charge in [-0.15, -0.1) is 0 Å². The Morgan fingerprint density at radius 2 is 2.06 bits per heavy atom. The topological polar surface area (TPSA) is 83.6 Å². The lowest BCUT2D eigenvalue weighted by Gasteiger charge is -2.39. The van der Waals surface area contributed by atoms with Gasteiger partial charge < -0.3 is 15.7 Å². The Bertz CT molecular complexity index is 317. The minimum Gasteiger partial charge on any atom is -0.480 e. The summed E-state index contributed by atoms with van der Waals surface area (Å²) in [5.74, 6) is -1.15. The largest absolute Gasteiger partial charge is 0.480 e. The quantitative estimate of drug-likeness (QED) is 0.783. The van der Waals surface area contributed by atoms with Crippen LogP contribution in [0.1, 0.15) is 33.6 Å². The first-order valence-corrected chi connectivity index (χ1v) is 6.63. The molecule has 1 saturated heterocycles. The lowest BCUT2D eigenvalue weighted by atomic mass is 9.87. The smallest absolute Gasteiger partial charge is 0.326 e. The van der Waals surface area contributed by atoms with Crippen LogP contribution in [0.4, 0.5) is 0 Å². The zero-order valence-corrected chi connectivity index (χ0v) is 11.4. The molecule has 104 valence electrons. The number of likely N-dealkylation sites (tertiary alicyclic amines) is 1. The van der Waals surface area contributed by atoms with Crippen molar-refractivity contribution in [1.29, 1.82) is 0 Å².